The van der Waals surface area contributed by atoms with Crippen molar-refractivity contribution in [3.8, 4) is 6.07 Å². The first-order valence-electron chi connectivity index (χ1n) is 6.04. The number of rotatable bonds is 5. The smallest absolute Gasteiger partial charge is 0.270 e. The topological polar surface area (TPSA) is 86.1 Å². The molecule has 0 bridgehead atoms. The van der Waals surface area contributed by atoms with E-state index in [0.29, 0.717) is 18.7 Å². The van der Waals surface area contributed by atoms with Crippen molar-refractivity contribution in [1.82, 2.24) is 15.2 Å². The first-order chi connectivity index (χ1) is 9.12. The van der Waals surface area contributed by atoms with Crippen LogP contribution in [0.1, 0.15) is 29.9 Å². The number of pyridine rings is 1. The summed E-state index contributed by atoms with van der Waals surface area (Å²) in [4.78, 5) is 28.9. The van der Waals surface area contributed by atoms with Crippen LogP contribution in [0.15, 0.2) is 18.3 Å². The molecule has 19 heavy (non-hydrogen) atoms. The zero-order valence-electron chi connectivity index (χ0n) is 11.0. The van der Waals surface area contributed by atoms with Crippen molar-refractivity contribution in [3.63, 3.8) is 0 Å². The highest BCUT2D eigenvalue weighted by Crippen LogP contribution is 1.98. The highest BCUT2D eigenvalue weighted by atomic mass is 16.2. The van der Waals surface area contributed by atoms with Crippen LogP contribution in [0.4, 0.5) is 0 Å². The average molecular weight is 260 g/mol. The second kappa shape index (κ2) is 7.11. The second-order valence-corrected chi connectivity index (χ2v) is 3.79. The molecule has 2 amide bonds. The van der Waals surface area contributed by atoms with Gasteiger partial charge >= 0.3 is 0 Å². The molecule has 0 saturated heterocycles. The van der Waals surface area contributed by atoms with Crippen LogP contribution < -0.4 is 5.32 Å². The molecule has 1 aromatic heterocycles. The summed E-state index contributed by atoms with van der Waals surface area (Å²) in [5.41, 5.74) is 0.571. The molecular weight excluding hydrogens is 244 g/mol. The standard InChI is InChI=1S/C13H16N4O2/c1-3-17(4-2)12(18)9-16-13(19)11-6-5-10(7-14)8-15-11/h5-6,8H,3-4,9H2,1-2H3,(H,16,19). The van der Waals surface area contributed by atoms with Gasteiger partial charge in [0.25, 0.3) is 5.91 Å². The van der Waals surface area contributed by atoms with E-state index >= 15 is 0 Å². The summed E-state index contributed by atoms with van der Waals surface area (Å²) < 4.78 is 0. The minimum Gasteiger partial charge on any atom is -0.342 e. The van der Waals surface area contributed by atoms with E-state index in [4.69, 9.17) is 5.26 Å². The summed E-state index contributed by atoms with van der Waals surface area (Å²) in [5, 5.41) is 11.1. The number of carbonyl (C=O) groups is 2. The highest BCUT2D eigenvalue weighted by molar-refractivity contribution is 5.94. The molecule has 0 unspecified atom stereocenters. The molecule has 6 nitrogen and oxygen atoms in total. The minimum atomic E-state index is -0.426. The van der Waals surface area contributed by atoms with Gasteiger partial charge in [-0.15, -0.1) is 0 Å². The maximum atomic E-state index is 11.7. The van der Waals surface area contributed by atoms with Crippen LogP contribution in [0.2, 0.25) is 0 Å². The van der Waals surface area contributed by atoms with E-state index in [2.05, 4.69) is 10.3 Å². The molecule has 0 aliphatic rings. The summed E-state index contributed by atoms with van der Waals surface area (Å²) in [6.45, 7) is 4.93. The van der Waals surface area contributed by atoms with Gasteiger partial charge in [0.15, 0.2) is 0 Å². The quantitative estimate of drug-likeness (QED) is 0.837. The molecule has 0 fully saturated rings. The van der Waals surface area contributed by atoms with E-state index in [-0.39, 0.29) is 18.1 Å². The number of hydrogen-bond donors (Lipinski definition) is 1. The van der Waals surface area contributed by atoms with E-state index in [9.17, 15) is 9.59 Å². The van der Waals surface area contributed by atoms with Crippen molar-refractivity contribution < 1.29 is 9.59 Å². The fourth-order valence-corrected chi connectivity index (χ4v) is 1.53. The Bertz CT molecular complexity index is 486. The van der Waals surface area contributed by atoms with Gasteiger partial charge in [0.05, 0.1) is 12.1 Å². The lowest BCUT2D eigenvalue weighted by Crippen LogP contribution is -2.40. The van der Waals surface area contributed by atoms with Crippen LogP contribution in [0.5, 0.6) is 0 Å². The van der Waals surface area contributed by atoms with E-state index in [0.717, 1.165) is 0 Å². The van der Waals surface area contributed by atoms with Crippen molar-refractivity contribution in [2.75, 3.05) is 19.6 Å². The fraction of sp³-hybridized carbons (Fsp3) is 0.385. The van der Waals surface area contributed by atoms with Gasteiger partial charge in [-0.3, -0.25) is 9.59 Å². The fourth-order valence-electron chi connectivity index (χ4n) is 1.53. The van der Waals surface area contributed by atoms with Crippen molar-refractivity contribution >= 4 is 11.8 Å². The number of aromatic nitrogens is 1. The molecule has 100 valence electrons. The van der Waals surface area contributed by atoms with Crippen LogP contribution in [-0.2, 0) is 4.79 Å². The van der Waals surface area contributed by atoms with E-state index in [1.165, 1.54) is 18.3 Å². The Balaban J connectivity index is 2.55. The number of amides is 2. The Morgan fingerprint density at radius 1 is 1.37 bits per heavy atom. The van der Waals surface area contributed by atoms with Gasteiger partial charge in [-0.05, 0) is 26.0 Å². The molecule has 0 aliphatic carbocycles. The minimum absolute atomic E-state index is 0.0534. The largest absolute Gasteiger partial charge is 0.342 e. The predicted molar refractivity (Wildman–Crippen MR) is 69.2 cm³/mol. The van der Waals surface area contributed by atoms with Gasteiger partial charge in [0.2, 0.25) is 5.91 Å². The molecule has 0 radical (unpaired) electrons. The van der Waals surface area contributed by atoms with E-state index < -0.39 is 5.91 Å². The predicted octanol–water partition coefficient (Wildman–Crippen LogP) is 0.551. The SMILES string of the molecule is CCN(CC)C(=O)CNC(=O)c1ccc(C#N)cn1. The zero-order chi connectivity index (χ0) is 14.3. The first kappa shape index (κ1) is 14.6. The molecule has 0 aromatic carbocycles. The average Bonchev–Trinajstić information content (AvgIpc) is 2.46. The highest BCUT2D eigenvalue weighted by Gasteiger charge is 2.12. The molecule has 0 spiro atoms. The van der Waals surface area contributed by atoms with Crippen LogP contribution in [0, 0.1) is 11.3 Å². The normalized spacial score (nSPS) is 9.53. The van der Waals surface area contributed by atoms with Gasteiger partial charge in [0, 0.05) is 19.3 Å². The Morgan fingerprint density at radius 2 is 2.05 bits per heavy atom. The van der Waals surface area contributed by atoms with Crippen molar-refractivity contribution in [3.05, 3.63) is 29.6 Å². The van der Waals surface area contributed by atoms with Crippen LogP contribution in [0.25, 0.3) is 0 Å². The lowest BCUT2D eigenvalue weighted by molar-refractivity contribution is -0.129. The number of carbonyl (C=O) groups excluding carboxylic acids is 2. The Kier molecular flexibility index (Phi) is 5.48. The molecule has 0 atom stereocenters. The maximum absolute atomic E-state index is 11.7. The molecule has 1 aromatic rings. The number of nitriles is 1. The number of likely N-dealkylation sites (N-methyl/N-ethyl adjacent to an activating group) is 1. The number of nitrogens with one attached hydrogen (secondary N) is 1. The Labute approximate surface area is 112 Å². The van der Waals surface area contributed by atoms with Crippen molar-refractivity contribution in [2.24, 2.45) is 0 Å². The Hall–Kier alpha value is -2.42. The number of hydrogen-bond acceptors (Lipinski definition) is 4. The summed E-state index contributed by atoms with van der Waals surface area (Å²) in [7, 11) is 0. The van der Waals surface area contributed by atoms with Crippen molar-refractivity contribution in [1.29, 1.82) is 5.26 Å². The number of nitrogens with zero attached hydrogens (tertiary/aromatic N) is 3. The van der Waals surface area contributed by atoms with Gasteiger partial charge in [0.1, 0.15) is 11.8 Å². The lowest BCUT2D eigenvalue weighted by atomic mass is 10.2. The summed E-state index contributed by atoms with van der Waals surface area (Å²) >= 11 is 0. The van der Waals surface area contributed by atoms with Crippen LogP contribution >= 0.6 is 0 Å². The molecule has 0 saturated carbocycles. The van der Waals surface area contributed by atoms with Gasteiger partial charge in [-0.2, -0.15) is 5.26 Å². The third-order valence-electron chi connectivity index (χ3n) is 2.64. The van der Waals surface area contributed by atoms with E-state index in [1.807, 2.05) is 19.9 Å². The second-order valence-electron chi connectivity index (χ2n) is 3.79. The molecule has 1 N–H and O–H groups in total. The lowest BCUT2D eigenvalue weighted by Gasteiger charge is -2.18. The third-order valence-corrected chi connectivity index (χ3v) is 2.64. The molecular formula is C13H16N4O2. The maximum Gasteiger partial charge on any atom is 0.270 e. The molecule has 0 aliphatic heterocycles. The van der Waals surface area contributed by atoms with E-state index in [1.54, 1.807) is 4.90 Å². The third kappa shape index (κ3) is 4.07. The zero-order valence-corrected chi connectivity index (χ0v) is 11.0. The molecule has 1 rings (SSSR count). The van der Waals surface area contributed by atoms with Crippen LogP contribution in [0.3, 0.4) is 0 Å². The molecule has 1 heterocycles. The first-order valence-corrected chi connectivity index (χ1v) is 6.04. The monoisotopic (exact) mass is 260 g/mol. The van der Waals surface area contributed by atoms with Gasteiger partial charge in [-0.25, -0.2) is 4.98 Å². The van der Waals surface area contributed by atoms with Gasteiger partial charge in [-0.1, -0.05) is 0 Å². The summed E-state index contributed by atoms with van der Waals surface area (Å²) in [6.07, 6.45) is 1.32. The van der Waals surface area contributed by atoms with Crippen molar-refractivity contribution in [2.45, 2.75) is 13.8 Å². The molecule has 6 heteroatoms. The van der Waals surface area contributed by atoms with Gasteiger partial charge < -0.3 is 10.2 Å². The summed E-state index contributed by atoms with van der Waals surface area (Å²) in [5.74, 6) is -0.558. The van der Waals surface area contributed by atoms with Crippen LogP contribution in [-0.4, -0.2) is 41.3 Å². The summed E-state index contributed by atoms with van der Waals surface area (Å²) in [6, 6.07) is 4.88. The Morgan fingerprint density at radius 3 is 2.53 bits per heavy atom.